The maximum Gasteiger partial charge on any atom is 0.416 e. The summed E-state index contributed by atoms with van der Waals surface area (Å²) in [7, 11) is -4.32. The van der Waals surface area contributed by atoms with Crippen LogP contribution < -0.4 is 11.1 Å². The Hall–Kier alpha value is -3.15. The highest BCUT2D eigenvalue weighted by Crippen LogP contribution is 2.36. The van der Waals surface area contributed by atoms with Gasteiger partial charge in [0, 0.05) is 43.0 Å². The Morgan fingerprint density at radius 2 is 1.80 bits per heavy atom. The molecule has 1 aliphatic heterocycles. The van der Waals surface area contributed by atoms with Crippen LogP contribution in [0.5, 0.6) is 0 Å². The molecule has 0 radical (unpaired) electrons. The number of hydrogen-bond acceptors (Lipinski definition) is 4. The highest BCUT2D eigenvalue weighted by Gasteiger charge is 2.39. The number of benzene rings is 2. The molecule has 3 N–H and O–H groups in total. The Labute approximate surface area is 232 Å². The van der Waals surface area contributed by atoms with Crippen LogP contribution in [0, 0.1) is 0 Å². The van der Waals surface area contributed by atoms with Gasteiger partial charge in [0.1, 0.15) is 0 Å². The predicted molar refractivity (Wildman–Crippen MR) is 145 cm³/mol. The van der Waals surface area contributed by atoms with Gasteiger partial charge < -0.3 is 15.6 Å². The molecule has 40 heavy (non-hydrogen) atoms. The third-order valence-corrected chi connectivity index (χ3v) is 9.71. The molecule has 0 saturated heterocycles. The summed E-state index contributed by atoms with van der Waals surface area (Å²) in [4.78, 5) is 12.8. The molecule has 214 valence electrons. The lowest BCUT2D eigenvalue weighted by Gasteiger charge is -2.36. The number of carbonyl (C=O) groups excluding carboxylic acids is 1. The van der Waals surface area contributed by atoms with Gasteiger partial charge in [0.15, 0.2) is 0 Å². The van der Waals surface area contributed by atoms with Crippen molar-refractivity contribution < 1.29 is 26.4 Å². The molecule has 2 atom stereocenters. The van der Waals surface area contributed by atoms with Gasteiger partial charge in [0.05, 0.1) is 16.5 Å². The van der Waals surface area contributed by atoms with Crippen LogP contribution in [0.25, 0.3) is 0 Å². The molecule has 0 bridgehead atoms. The number of aromatic nitrogens is 1. The number of carbonyl (C=O) groups is 1. The number of rotatable bonds is 6. The molecule has 1 aromatic heterocycles. The van der Waals surface area contributed by atoms with Crippen LogP contribution in [0.15, 0.2) is 65.7 Å². The molecule has 2 heterocycles. The summed E-state index contributed by atoms with van der Waals surface area (Å²) in [5.41, 5.74) is 8.80. The second kappa shape index (κ2) is 10.4. The minimum atomic E-state index is -4.68. The number of aryl methyl sites for hydroxylation is 1. The van der Waals surface area contributed by atoms with Crippen molar-refractivity contribution in [3.63, 3.8) is 0 Å². The molecule has 1 aliphatic carbocycles. The summed E-state index contributed by atoms with van der Waals surface area (Å²) >= 11 is 0. The van der Waals surface area contributed by atoms with E-state index in [2.05, 4.69) is 17.4 Å². The number of halogens is 3. The van der Waals surface area contributed by atoms with Crippen molar-refractivity contribution in [2.24, 2.45) is 5.73 Å². The molecule has 0 saturated carbocycles. The first-order valence-corrected chi connectivity index (χ1v) is 14.7. The fourth-order valence-electron chi connectivity index (χ4n) is 5.65. The van der Waals surface area contributed by atoms with Crippen molar-refractivity contribution in [1.29, 1.82) is 0 Å². The molecule has 7 nitrogen and oxygen atoms in total. The molecule has 2 aliphatic rings. The summed E-state index contributed by atoms with van der Waals surface area (Å²) in [6.07, 6.45) is -0.843. The van der Waals surface area contributed by atoms with Crippen LogP contribution in [-0.2, 0) is 45.9 Å². The summed E-state index contributed by atoms with van der Waals surface area (Å²) < 4.78 is 70.2. The van der Waals surface area contributed by atoms with Crippen LogP contribution >= 0.6 is 0 Å². The van der Waals surface area contributed by atoms with Crippen molar-refractivity contribution >= 4 is 15.9 Å². The van der Waals surface area contributed by atoms with Crippen LogP contribution in [0.2, 0.25) is 0 Å². The Morgan fingerprint density at radius 3 is 2.52 bits per heavy atom. The van der Waals surface area contributed by atoms with E-state index in [-0.39, 0.29) is 24.9 Å². The number of amides is 1. The van der Waals surface area contributed by atoms with E-state index in [0.29, 0.717) is 24.7 Å². The number of fused-ring (bicyclic) bond motifs is 2. The molecule has 0 spiro atoms. The van der Waals surface area contributed by atoms with E-state index in [1.807, 2.05) is 30.7 Å². The van der Waals surface area contributed by atoms with Crippen molar-refractivity contribution in [3.05, 3.63) is 88.7 Å². The maximum atomic E-state index is 13.6. The van der Waals surface area contributed by atoms with E-state index in [4.69, 9.17) is 5.73 Å². The average Bonchev–Trinajstić information content (AvgIpc) is 3.37. The summed E-state index contributed by atoms with van der Waals surface area (Å²) in [5, 5.41) is 3.07. The predicted octanol–water partition coefficient (Wildman–Crippen LogP) is 4.51. The fraction of sp³-hybridized carbons (Fsp3) is 0.414. The van der Waals surface area contributed by atoms with Gasteiger partial charge in [-0.15, -0.1) is 0 Å². The van der Waals surface area contributed by atoms with Gasteiger partial charge in [-0.1, -0.05) is 24.3 Å². The lowest BCUT2D eigenvalue weighted by Crippen LogP contribution is -2.45. The molecule has 1 amide bonds. The van der Waals surface area contributed by atoms with Crippen molar-refractivity contribution in [2.45, 2.75) is 74.8 Å². The van der Waals surface area contributed by atoms with Gasteiger partial charge in [0.2, 0.25) is 15.9 Å². The van der Waals surface area contributed by atoms with Crippen LogP contribution in [0.4, 0.5) is 13.2 Å². The zero-order chi connectivity index (χ0) is 28.9. The van der Waals surface area contributed by atoms with Gasteiger partial charge in [-0.25, -0.2) is 8.42 Å². The summed E-state index contributed by atoms with van der Waals surface area (Å²) in [6.45, 7) is 4.28. The molecule has 5 rings (SSSR count). The Bertz CT molecular complexity index is 1530. The van der Waals surface area contributed by atoms with Gasteiger partial charge in [-0.3, -0.25) is 4.79 Å². The van der Waals surface area contributed by atoms with E-state index in [9.17, 15) is 26.4 Å². The highest BCUT2D eigenvalue weighted by atomic mass is 32.2. The third-order valence-electron chi connectivity index (χ3n) is 7.81. The van der Waals surface area contributed by atoms with Crippen molar-refractivity contribution in [1.82, 2.24) is 14.2 Å². The second-order valence-electron chi connectivity index (χ2n) is 11.2. The third kappa shape index (κ3) is 5.68. The number of sulfonamides is 1. The highest BCUT2D eigenvalue weighted by molar-refractivity contribution is 7.89. The zero-order valence-electron chi connectivity index (χ0n) is 22.4. The van der Waals surface area contributed by atoms with E-state index < -0.39 is 38.2 Å². The van der Waals surface area contributed by atoms with Gasteiger partial charge in [-0.05, 0) is 80.1 Å². The van der Waals surface area contributed by atoms with E-state index in [1.54, 1.807) is 12.1 Å². The molecular weight excluding hydrogens is 541 g/mol. The van der Waals surface area contributed by atoms with Crippen LogP contribution in [0.1, 0.15) is 60.7 Å². The molecule has 11 heteroatoms. The van der Waals surface area contributed by atoms with Crippen molar-refractivity contribution in [2.75, 3.05) is 6.54 Å². The number of nitrogens with zero attached hydrogens (tertiary/aromatic N) is 2. The number of nitrogens with two attached hydrogens (primary N) is 1. The van der Waals surface area contributed by atoms with Crippen molar-refractivity contribution in [3.8, 4) is 0 Å². The molecule has 2 unspecified atom stereocenters. The quantitative estimate of drug-likeness (QED) is 0.453. The van der Waals surface area contributed by atoms with Crippen LogP contribution in [0.3, 0.4) is 0 Å². The van der Waals surface area contributed by atoms with Crippen LogP contribution in [-0.4, -0.2) is 35.8 Å². The molecule has 3 aromatic rings. The van der Waals surface area contributed by atoms with Gasteiger partial charge >= 0.3 is 6.18 Å². The second-order valence-corrected chi connectivity index (χ2v) is 13.1. The minimum Gasteiger partial charge on any atom is -0.353 e. The van der Waals surface area contributed by atoms with E-state index in [0.717, 1.165) is 46.5 Å². The smallest absolute Gasteiger partial charge is 0.353 e. The first kappa shape index (κ1) is 28.4. The average molecular weight is 575 g/mol. The van der Waals surface area contributed by atoms with E-state index >= 15 is 0 Å². The number of alkyl halides is 3. The Morgan fingerprint density at radius 1 is 1.02 bits per heavy atom. The zero-order valence-corrected chi connectivity index (χ0v) is 23.2. The van der Waals surface area contributed by atoms with Gasteiger partial charge in [-0.2, -0.15) is 17.5 Å². The number of hydrogen-bond donors (Lipinski definition) is 2. The minimum absolute atomic E-state index is 0.0365. The number of nitrogens with one attached hydrogen (secondary N) is 1. The monoisotopic (exact) mass is 574 g/mol. The fourth-order valence-corrected chi connectivity index (χ4v) is 7.28. The topological polar surface area (TPSA) is 97.4 Å². The van der Waals surface area contributed by atoms with Gasteiger partial charge in [0.25, 0.3) is 0 Å². The first-order valence-electron chi connectivity index (χ1n) is 13.3. The lowest BCUT2D eigenvalue weighted by molar-refractivity contribution is -0.137. The Kier molecular flexibility index (Phi) is 7.35. The largest absolute Gasteiger partial charge is 0.416 e. The standard InChI is InChI=1S/C29H33F3N4O3S/c1-28(2,33)21-10-8-20-16-23(11-9-19(20)15-21)34-27(37)18-26-25-7-4-12-35(25)13-14-36(26)40(38,39)24-6-3-5-22(17-24)29(30,31)32/h3-8,10,12,15,17,23,26H,9,11,13-14,16,18,33H2,1-2H3,(H,34,37). The Balaban J connectivity index is 1.35. The summed E-state index contributed by atoms with van der Waals surface area (Å²) in [5.74, 6) is -0.308. The lowest BCUT2D eigenvalue weighted by atomic mass is 9.84. The normalized spacial score (nSPS) is 20.1. The molecule has 0 fully saturated rings. The first-order chi connectivity index (χ1) is 18.7. The molecular formula is C29H33F3N4O3S. The molecule has 2 aromatic carbocycles. The summed E-state index contributed by atoms with van der Waals surface area (Å²) in [6, 6.07) is 12.5. The SMILES string of the molecule is CC(C)(N)c1ccc2c(c1)CCC(NC(=O)CC1c3cccn3CCN1S(=O)(=O)c1cccc(C(F)(F)F)c1)C2. The van der Waals surface area contributed by atoms with E-state index in [1.165, 1.54) is 5.56 Å². The maximum absolute atomic E-state index is 13.6.